The molecule has 0 saturated heterocycles. The highest BCUT2D eigenvalue weighted by Crippen LogP contribution is 2.29. The molecule has 0 aliphatic carbocycles. The van der Waals surface area contributed by atoms with Crippen LogP contribution in [0.5, 0.6) is 0 Å². The Balaban J connectivity index is 2.58. The molecule has 0 aliphatic heterocycles. The number of nitrogens with zero attached hydrogens (tertiary/aromatic N) is 1. The topological polar surface area (TPSA) is 50.9 Å². The molecule has 3 N–H and O–H groups in total. The second-order valence-corrected chi connectivity index (χ2v) is 4.84. The molecule has 1 atom stereocenters. The summed E-state index contributed by atoms with van der Waals surface area (Å²) in [7, 11) is 0. The zero-order chi connectivity index (χ0) is 12.4. The summed E-state index contributed by atoms with van der Waals surface area (Å²) in [6.45, 7) is 5.79. The summed E-state index contributed by atoms with van der Waals surface area (Å²) in [5.74, 6) is 0. The number of aromatic nitrogens is 1. The first-order valence-electron chi connectivity index (χ1n) is 5.34. The van der Waals surface area contributed by atoms with Crippen LogP contribution in [0.1, 0.15) is 6.92 Å². The first kappa shape index (κ1) is 11.9. The lowest BCUT2D eigenvalue weighted by Gasteiger charge is -2.14. The molecule has 0 radical (unpaired) electrons. The Bertz CT molecular complexity index is 566. The lowest BCUT2D eigenvalue weighted by atomic mass is 10.1. The van der Waals surface area contributed by atoms with Gasteiger partial charge >= 0.3 is 0 Å². The van der Waals surface area contributed by atoms with Crippen molar-refractivity contribution in [1.82, 2.24) is 4.98 Å². The average molecular weight is 292 g/mol. The number of halogens is 1. The van der Waals surface area contributed by atoms with Crippen LogP contribution in [0.25, 0.3) is 10.9 Å². The van der Waals surface area contributed by atoms with E-state index in [0.717, 1.165) is 26.8 Å². The number of anilines is 2. The standard InChI is InChI=1S/C13H14BrN3/c1-3-8(2)17-12-5-4-11(15)10-6-9(14)7-16-13(10)12/h3-8,17H,1,15H2,2H3. The van der Waals surface area contributed by atoms with E-state index in [4.69, 9.17) is 5.73 Å². The molecular formula is C13H14BrN3. The van der Waals surface area contributed by atoms with Crippen molar-refractivity contribution in [3.63, 3.8) is 0 Å². The van der Waals surface area contributed by atoms with Crippen molar-refractivity contribution in [2.24, 2.45) is 0 Å². The molecule has 1 unspecified atom stereocenters. The van der Waals surface area contributed by atoms with Crippen LogP contribution in [0.3, 0.4) is 0 Å². The number of pyridine rings is 1. The number of nitrogens with two attached hydrogens (primary N) is 1. The Kier molecular flexibility index (Phi) is 3.33. The molecule has 0 fully saturated rings. The normalized spacial score (nSPS) is 12.4. The zero-order valence-electron chi connectivity index (χ0n) is 9.57. The van der Waals surface area contributed by atoms with E-state index in [1.807, 2.05) is 31.2 Å². The van der Waals surface area contributed by atoms with Crippen molar-refractivity contribution in [2.45, 2.75) is 13.0 Å². The van der Waals surface area contributed by atoms with Crippen molar-refractivity contribution >= 4 is 38.2 Å². The summed E-state index contributed by atoms with van der Waals surface area (Å²) in [6, 6.07) is 5.99. The highest BCUT2D eigenvalue weighted by molar-refractivity contribution is 9.10. The SMILES string of the molecule is C=CC(C)Nc1ccc(N)c2cc(Br)cnc12. The maximum absolute atomic E-state index is 5.95. The predicted molar refractivity (Wildman–Crippen MR) is 77.1 cm³/mol. The first-order chi connectivity index (χ1) is 8.11. The third-order valence-electron chi connectivity index (χ3n) is 2.59. The molecule has 0 aliphatic rings. The number of fused-ring (bicyclic) bond motifs is 1. The van der Waals surface area contributed by atoms with Gasteiger partial charge in [0.2, 0.25) is 0 Å². The van der Waals surface area contributed by atoms with Gasteiger partial charge in [-0.15, -0.1) is 6.58 Å². The maximum atomic E-state index is 5.95. The van der Waals surface area contributed by atoms with Gasteiger partial charge < -0.3 is 11.1 Å². The highest BCUT2D eigenvalue weighted by atomic mass is 79.9. The lowest BCUT2D eigenvalue weighted by Crippen LogP contribution is -2.12. The molecule has 4 heteroatoms. The number of benzene rings is 1. The summed E-state index contributed by atoms with van der Waals surface area (Å²) in [5, 5.41) is 4.27. The van der Waals surface area contributed by atoms with Crippen molar-refractivity contribution in [3.8, 4) is 0 Å². The molecule has 0 amide bonds. The summed E-state index contributed by atoms with van der Waals surface area (Å²) in [5.41, 5.74) is 8.52. The van der Waals surface area contributed by atoms with Crippen LogP contribution in [0.15, 0.2) is 41.5 Å². The molecule has 17 heavy (non-hydrogen) atoms. The van der Waals surface area contributed by atoms with Crippen molar-refractivity contribution < 1.29 is 0 Å². The predicted octanol–water partition coefficient (Wildman–Crippen LogP) is 3.57. The Morgan fingerprint density at radius 3 is 3.00 bits per heavy atom. The van der Waals surface area contributed by atoms with E-state index >= 15 is 0 Å². The zero-order valence-corrected chi connectivity index (χ0v) is 11.2. The summed E-state index contributed by atoms with van der Waals surface area (Å²) in [4.78, 5) is 4.41. The van der Waals surface area contributed by atoms with Gasteiger partial charge in [0, 0.05) is 27.8 Å². The van der Waals surface area contributed by atoms with Gasteiger partial charge in [-0.3, -0.25) is 4.98 Å². The molecule has 1 aromatic heterocycles. The minimum atomic E-state index is 0.187. The third kappa shape index (κ3) is 2.42. The smallest absolute Gasteiger partial charge is 0.0954 e. The van der Waals surface area contributed by atoms with Gasteiger partial charge in [0.25, 0.3) is 0 Å². The molecule has 0 saturated carbocycles. The number of hydrogen-bond donors (Lipinski definition) is 2. The molecule has 0 spiro atoms. The first-order valence-corrected chi connectivity index (χ1v) is 6.14. The Hall–Kier alpha value is -1.55. The lowest BCUT2D eigenvalue weighted by molar-refractivity contribution is 1.00. The van der Waals surface area contributed by atoms with Crippen LogP contribution < -0.4 is 11.1 Å². The molecule has 2 rings (SSSR count). The van der Waals surface area contributed by atoms with Gasteiger partial charge in [0.15, 0.2) is 0 Å². The van der Waals surface area contributed by atoms with Crippen molar-refractivity contribution in [1.29, 1.82) is 0 Å². The maximum Gasteiger partial charge on any atom is 0.0954 e. The Morgan fingerprint density at radius 2 is 2.29 bits per heavy atom. The van der Waals surface area contributed by atoms with Crippen molar-refractivity contribution in [2.75, 3.05) is 11.1 Å². The molecule has 0 bridgehead atoms. The molecule has 1 aromatic carbocycles. The van der Waals surface area contributed by atoms with Crippen LogP contribution >= 0.6 is 15.9 Å². The average Bonchev–Trinajstić information content (AvgIpc) is 2.33. The fraction of sp³-hybridized carbons (Fsp3) is 0.154. The van der Waals surface area contributed by atoms with Crippen LogP contribution in [-0.2, 0) is 0 Å². The van der Waals surface area contributed by atoms with Crippen LogP contribution in [0.4, 0.5) is 11.4 Å². The second-order valence-electron chi connectivity index (χ2n) is 3.92. The fourth-order valence-corrected chi connectivity index (χ4v) is 1.97. The molecular weight excluding hydrogens is 278 g/mol. The molecule has 88 valence electrons. The van der Waals surface area contributed by atoms with E-state index in [1.165, 1.54) is 0 Å². The van der Waals surface area contributed by atoms with E-state index in [1.54, 1.807) is 6.20 Å². The Morgan fingerprint density at radius 1 is 1.53 bits per heavy atom. The van der Waals surface area contributed by atoms with E-state index in [0.29, 0.717) is 0 Å². The van der Waals surface area contributed by atoms with Crippen LogP contribution in [-0.4, -0.2) is 11.0 Å². The molecule has 2 aromatic rings. The number of nitrogen functional groups attached to an aromatic ring is 1. The van der Waals surface area contributed by atoms with Gasteiger partial charge in [-0.25, -0.2) is 0 Å². The van der Waals surface area contributed by atoms with E-state index < -0.39 is 0 Å². The van der Waals surface area contributed by atoms with Gasteiger partial charge in [-0.2, -0.15) is 0 Å². The fourth-order valence-electron chi connectivity index (χ4n) is 1.64. The summed E-state index contributed by atoms with van der Waals surface area (Å²) >= 11 is 3.40. The number of hydrogen-bond acceptors (Lipinski definition) is 3. The van der Waals surface area contributed by atoms with Gasteiger partial charge in [-0.05, 0) is 41.1 Å². The highest BCUT2D eigenvalue weighted by Gasteiger charge is 2.07. The number of nitrogens with one attached hydrogen (secondary N) is 1. The largest absolute Gasteiger partial charge is 0.398 e. The second kappa shape index (κ2) is 4.75. The number of rotatable bonds is 3. The summed E-state index contributed by atoms with van der Waals surface area (Å²) in [6.07, 6.45) is 3.62. The van der Waals surface area contributed by atoms with Crippen LogP contribution in [0.2, 0.25) is 0 Å². The monoisotopic (exact) mass is 291 g/mol. The molecule has 3 nitrogen and oxygen atoms in total. The van der Waals surface area contributed by atoms with Gasteiger partial charge in [-0.1, -0.05) is 6.08 Å². The summed E-state index contributed by atoms with van der Waals surface area (Å²) < 4.78 is 0.922. The minimum Gasteiger partial charge on any atom is -0.398 e. The molecule has 1 heterocycles. The van der Waals surface area contributed by atoms with E-state index in [2.05, 4.69) is 32.8 Å². The van der Waals surface area contributed by atoms with Gasteiger partial charge in [0.05, 0.1) is 11.2 Å². The van der Waals surface area contributed by atoms with E-state index in [-0.39, 0.29) is 6.04 Å². The van der Waals surface area contributed by atoms with Gasteiger partial charge in [0.1, 0.15) is 0 Å². The minimum absolute atomic E-state index is 0.187. The van der Waals surface area contributed by atoms with Crippen LogP contribution in [0, 0.1) is 0 Å². The Labute approximate surface area is 109 Å². The van der Waals surface area contributed by atoms with Crippen molar-refractivity contribution in [3.05, 3.63) is 41.5 Å². The van der Waals surface area contributed by atoms with E-state index in [9.17, 15) is 0 Å². The third-order valence-corrected chi connectivity index (χ3v) is 3.02. The quantitative estimate of drug-likeness (QED) is 0.671.